The van der Waals surface area contributed by atoms with Gasteiger partial charge in [0.25, 0.3) is 0 Å². The second kappa shape index (κ2) is 9.03. The zero-order valence-electron chi connectivity index (χ0n) is 18.3. The Morgan fingerprint density at radius 3 is 1.48 bits per heavy atom. The maximum absolute atomic E-state index is 3.61. The van der Waals surface area contributed by atoms with E-state index in [2.05, 4.69) is 108 Å². The largest absolute Gasteiger partial charge is 0.311 e. The van der Waals surface area contributed by atoms with Crippen molar-refractivity contribution in [2.24, 2.45) is 0 Å². The Morgan fingerprint density at radius 2 is 1.07 bits per heavy atom. The van der Waals surface area contributed by atoms with Crippen LogP contribution in [-0.2, 0) is 23.9 Å². The molecule has 2 nitrogen and oxygen atoms in total. The molecule has 1 atom stereocenters. The summed E-state index contributed by atoms with van der Waals surface area (Å²) in [6, 6.07) is 18.4. The standard InChI is InChI=1S/C25H38N2/c1-19(27-18-21-10-14-23(15-11-21)25(5,6)7)16-26-17-20-8-12-22(13-9-20)24(2,3)4/h8-15,19,26-27H,16-18H2,1-7H3. The van der Waals surface area contributed by atoms with E-state index < -0.39 is 0 Å². The molecule has 0 amide bonds. The van der Waals surface area contributed by atoms with Crippen LogP contribution in [0.1, 0.15) is 70.7 Å². The van der Waals surface area contributed by atoms with Crippen LogP contribution in [0.25, 0.3) is 0 Å². The highest BCUT2D eigenvalue weighted by molar-refractivity contribution is 5.28. The molecule has 0 aliphatic rings. The monoisotopic (exact) mass is 366 g/mol. The third-order valence-electron chi connectivity index (χ3n) is 5.07. The number of nitrogens with one attached hydrogen (secondary N) is 2. The summed E-state index contributed by atoms with van der Waals surface area (Å²) in [5.74, 6) is 0. The van der Waals surface area contributed by atoms with Crippen molar-refractivity contribution >= 4 is 0 Å². The fourth-order valence-electron chi connectivity index (χ4n) is 3.04. The molecule has 0 aliphatic carbocycles. The highest BCUT2D eigenvalue weighted by atomic mass is 15.0. The average Bonchev–Trinajstić information content (AvgIpc) is 2.59. The van der Waals surface area contributed by atoms with Crippen LogP contribution in [0.4, 0.5) is 0 Å². The van der Waals surface area contributed by atoms with Gasteiger partial charge in [-0.05, 0) is 40.0 Å². The normalized spacial score (nSPS) is 13.6. The predicted molar refractivity (Wildman–Crippen MR) is 118 cm³/mol. The number of benzene rings is 2. The molecule has 27 heavy (non-hydrogen) atoms. The van der Waals surface area contributed by atoms with Crippen molar-refractivity contribution in [1.82, 2.24) is 10.6 Å². The molecule has 1 unspecified atom stereocenters. The Labute approximate surface area is 166 Å². The molecule has 0 radical (unpaired) electrons. The highest BCUT2D eigenvalue weighted by Crippen LogP contribution is 2.23. The van der Waals surface area contributed by atoms with E-state index in [-0.39, 0.29) is 10.8 Å². The van der Waals surface area contributed by atoms with Crippen LogP contribution in [-0.4, -0.2) is 12.6 Å². The zero-order chi connectivity index (χ0) is 20.1. The summed E-state index contributed by atoms with van der Waals surface area (Å²) in [4.78, 5) is 0. The number of hydrogen-bond acceptors (Lipinski definition) is 2. The molecule has 2 heteroatoms. The van der Waals surface area contributed by atoms with Crippen LogP contribution in [0.2, 0.25) is 0 Å². The first-order chi connectivity index (χ1) is 12.6. The van der Waals surface area contributed by atoms with E-state index in [1.807, 2.05) is 0 Å². The van der Waals surface area contributed by atoms with Crippen molar-refractivity contribution < 1.29 is 0 Å². The molecule has 0 heterocycles. The molecule has 2 N–H and O–H groups in total. The van der Waals surface area contributed by atoms with E-state index in [1.165, 1.54) is 22.3 Å². The van der Waals surface area contributed by atoms with Gasteiger partial charge in [-0.3, -0.25) is 0 Å². The van der Waals surface area contributed by atoms with Crippen molar-refractivity contribution in [2.45, 2.75) is 78.4 Å². The maximum atomic E-state index is 3.61. The molecule has 2 aromatic rings. The van der Waals surface area contributed by atoms with Gasteiger partial charge in [0.1, 0.15) is 0 Å². The van der Waals surface area contributed by atoms with Gasteiger partial charge in [-0.1, -0.05) is 90.1 Å². The van der Waals surface area contributed by atoms with E-state index in [9.17, 15) is 0 Å². The Kier molecular flexibility index (Phi) is 7.25. The quantitative estimate of drug-likeness (QED) is 0.671. The summed E-state index contributed by atoms with van der Waals surface area (Å²) < 4.78 is 0. The Morgan fingerprint density at radius 1 is 0.667 bits per heavy atom. The van der Waals surface area contributed by atoms with Gasteiger partial charge < -0.3 is 10.6 Å². The lowest BCUT2D eigenvalue weighted by Gasteiger charge is -2.20. The van der Waals surface area contributed by atoms with Gasteiger partial charge in [-0.25, -0.2) is 0 Å². The van der Waals surface area contributed by atoms with Gasteiger partial charge in [-0.2, -0.15) is 0 Å². The second-order valence-electron chi connectivity index (χ2n) is 9.81. The van der Waals surface area contributed by atoms with E-state index in [0.717, 1.165) is 19.6 Å². The molecule has 0 spiro atoms. The summed E-state index contributed by atoms with van der Waals surface area (Å²) in [5, 5.41) is 7.17. The minimum Gasteiger partial charge on any atom is -0.311 e. The van der Waals surface area contributed by atoms with E-state index >= 15 is 0 Å². The lowest BCUT2D eigenvalue weighted by Crippen LogP contribution is -2.35. The van der Waals surface area contributed by atoms with Crippen LogP contribution in [0, 0.1) is 0 Å². The molecule has 0 aliphatic heterocycles. The van der Waals surface area contributed by atoms with Crippen molar-refractivity contribution in [3.05, 3.63) is 70.8 Å². The smallest absolute Gasteiger partial charge is 0.0208 e. The van der Waals surface area contributed by atoms with E-state index in [0.29, 0.717) is 6.04 Å². The van der Waals surface area contributed by atoms with Crippen LogP contribution >= 0.6 is 0 Å². The summed E-state index contributed by atoms with van der Waals surface area (Å²) in [7, 11) is 0. The molecule has 0 fully saturated rings. The van der Waals surface area contributed by atoms with E-state index in [1.54, 1.807) is 0 Å². The van der Waals surface area contributed by atoms with Crippen LogP contribution < -0.4 is 10.6 Å². The summed E-state index contributed by atoms with van der Waals surface area (Å²) >= 11 is 0. The molecular formula is C25H38N2. The van der Waals surface area contributed by atoms with Crippen molar-refractivity contribution in [2.75, 3.05) is 6.54 Å². The number of hydrogen-bond donors (Lipinski definition) is 2. The molecule has 0 saturated heterocycles. The maximum Gasteiger partial charge on any atom is 0.0208 e. The minimum atomic E-state index is 0.217. The third kappa shape index (κ3) is 7.12. The Bertz CT molecular complexity index is 685. The Balaban J connectivity index is 1.72. The summed E-state index contributed by atoms with van der Waals surface area (Å²) in [6.07, 6.45) is 0. The lowest BCUT2D eigenvalue weighted by molar-refractivity contribution is 0.501. The van der Waals surface area contributed by atoms with Crippen molar-refractivity contribution in [1.29, 1.82) is 0 Å². The van der Waals surface area contributed by atoms with Crippen LogP contribution in [0.15, 0.2) is 48.5 Å². The first-order valence-corrected chi connectivity index (χ1v) is 10.2. The van der Waals surface area contributed by atoms with Gasteiger partial charge in [0.15, 0.2) is 0 Å². The molecule has 0 bridgehead atoms. The van der Waals surface area contributed by atoms with Crippen molar-refractivity contribution in [3.8, 4) is 0 Å². The topological polar surface area (TPSA) is 24.1 Å². The van der Waals surface area contributed by atoms with E-state index in [4.69, 9.17) is 0 Å². The fraction of sp³-hybridized carbons (Fsp3) is 0.520. The molecule has 2 aromatic carbocycles. The first kappa shape index (κ1) is 21.7. The molecule has 0 aromatic heterocycles. The van der Waals surface area contributed by atoms with Crippen LogP contribution in [0.3, 0.4) is 0 Å². The van der Waals surface area contributed by atoms with Gasteiger partial charge in [0, 0.05) is 25.7 Å². The SMILES string of the molecule is CC(CNCc1ccc(C(C)(C)C)cc1)NCc1ccc(C(C)(C)C)cc1. The van der Waals surface area contributed by atoms with Gasteiger partial charge in [-0.15, -0.1) is 0 Å². The minimum absolute atomic E-state index is 0.217. The zero-order valence-corrected chi connectivity index (χ0v) is 18.3. The first-order valence-electron chi connectivity index (χ1n) is 10.2. The molecular weight excluding hydrogens is 328 g/mol. The second-order valence-corrected chi connectivity index (χ2v) is 9.81. The number of rotatable bonds is 7. The summed E-state index contributed by atoms with van der Waals surface area (Å²) in [5.41, 5.74) is 5.89. The van der Waals surface area contributed by atoms with Crippen molar-refractivity contribution in [3.63, 3.8) is 0 Å². The highest BCUT2D eigenvalue weighted by Gasteiger charge is 2.13. The lowest BCUT2D eigenvalue weighted by atomic mass is 9.87. The van der Waals surface area contributed by atoms with Gasteiger partial charge >= 0.3 is 0 Å². The molecule has 2 rings (SSSR count). The Hall–Kier alpha value is -1.64. The van der Waals surface area contributed by atoms with Crippen LogP contribution in [0.5, 0.6) is 0 Å². The van der Waals surface area contributed by atoms with Gasteiger partial charge in [0.2, 0.25) is 0 Å². The molecule has 0 saturated carbocycles. The molecule has 148 valence electrons. The average molecular weight is 367 g/mol. The fourth-order valence-corrected chi connectivity index (χ4v) is 3.04. The van der Waals surface area contributed by atoms with Gasteiger partial charge in [0.05, 0.1) is 0 Å². The summed E-state index contributed by atoms with van der Waals surface area (Å²) in [6.45, 7) is 18.5. The third-order valence-corrected chi connectivity index (χ3v) is 5.07. The predicted octanol–water partition coefficient (Wildman–Crippen LogP) is 5.55.